The predicted molar refractivity (Wildman–Crippen MR) is 87.3 cm³/mol. The monoisotopic (exact) mass is 313 g/mol. The molecule has 0 spiro atoms. The van der Waals surface area contributed by atoms with Gasteiger partial charge in [0, 0.05) is 27.6 Å². The van der Waals surface area contributed by atoms with Gasteiger partial charge in [0.2, 0.25) is 0 Å². The number of halogens is 1. The summed E-state index contributed by atoms with van der Waals surface area (Å²) in [6.45, 7) is 2.22. The molecule has 0 aromatic heterocycles. The highest BCUT2D eigenvalue weighted by molar-refractivity contribution is 7.84. The summed E-state index contributed by atoms with van der Waals surface area (Å²) in [6.07, 6.45) is 5.68. The van der Waals surface area contributed by atoms with E-state index in [2.05, 4.69) is 6.92 Å². The lowest BCUT2D eigenvalue weighted by Gasteiger charge is -2.33. The van der Waals surface area contributed by atoms with Gasteiger partial charge in [-0.2, -0.15) is 0 Å². The highest BCUT2D eigenvalue weighted by atomic mass is 35.5. The molecule has 4 heteroatoms. The second kappa shape index (κ2) is 7.58. The average Bonchev–Trinajstić information content (AvgIpc) is 2.43. The molecule has 1 aliphatic rings. The molecule has 1 fully saturated rings. The molecular formula is C16H24ClNOS. The fourth-order valence-electron chi connectivity index (χ4n) is 3.06. The van der Waals surface area contributed by atoms with E-state index in [-0.39, 0.29) is 11.3 Å². The van der Waals surface area contributed by atoms with Crippen LogP contribution < -0.4 is 5.73 Å². The van der Waals surface area contributed by atoms with E-state index in [1.807, 2.05) is 24.3 Å². The first-order valence-electron chi connectivity index (χ1n) is 7.47. The predicted octanol–water partition coefficient (Wildman–Crippen LogP) is 3.88. The number of hydrogen-bond acceptors (Lipinski definition) is 2. The molecule has 0 heterocycles. The summed E-state index contributed by atoms with van der Waals surface area (Å²) < 4.78 is 12.6. The van der Waals surface area contributed by atoms with Crippen molar-refractivity contribution in [1.82, 2.24) is 0 Å². The normalized spacial score (nSPS) is 28.2. The summed E-state index contributed by atoms with van der Waals surface area (Å²) in [6, 6.07) is 7.72. The minimum atomic E-state index is -0.887. The molecule has 0 saturated heterocycles. The highest BCUT2D eigenvalue weighted by Gasteiger charge is 2.31. The molecule has 0 bridgehead atoms. The first kappa shape index (κ1) is 16.0. The van der Waals surface area contributed by atoms with Crippen LogP contribution in [0.25, 0.3) is 0 Å². The van der Waals surface area contributed by atoms with Crippen molar-refractivity contribution in [2.75, 3.05) is 0 Å². The van der Waals surface area contributed by atoms with Gasteiger partial charge in [-0.25, -0.2) is 0 Å². The third-order valence-corrected chi connectivity index (χ3v) is 6.30. The molecule has 0 amide bonds. The van der Waals surface area contributed by atoms with Gasteiger partial charge in [0.05, 0.1) is 5.25 Å². The van der Waals surface area contributed by atoms with Crippen molar-refractivity contribution in [1.29, 1.82) is 0 Å². The quantitative estimate of drug-likeness (QED) is 0.896. The lowest BCUT2D eigenvalue weighted by Crippen LogP contribution is -2.43. The van der Waals surface area contributed by atoms with E-state index in [0.29, 0.717) is 11.7 Å². The van der Waals surface area contributed by atoms with E-state index in [0.717, 1.165) is 23.4 Å². The SMILES string of the molecule is CCCC1CCC(N)C(S(=O)Cc2ccc(Cl)cc2)C1. The third kappa shape index (κ3) is 4.31. The van der Waals surface area contributed by atoms with Gasteiger partial charge < -0.3 is 5.73 Å². The molecule has 4 atom stereocenters. The largest absolute Gasteiger partial charge is 0.327 e. The summed E-state index contributed by atoms with van der Waals surface area (Å²) >= 11 is 5.88. The zero-order valence-electron chi connectivity index (χ0n) is 12.1. The molecule has 1 aromatic rings. The van der Waals surface area contributed by atoms with Gasteiger partial charge in [-0.15, -0.1) is 0 Å². The molecule has 2 rings (SSSR count). The number of nitrogens with two attached hydrogens (primary N) is 1. The van der Waals surface area contributed by atoms with Crippen LogP contribution >= 0.6 is 11.6 Å². The van der Waals surface area contributed by atoms with Crippen LogP contribution in [-0.4, -0.2) is 15.5 Å². The van der Waals surface area contributed by atoms with Crippen LogP contribution in [0.15, 0.2) is 24.3 Å². The molecule has 2 N–H and O–H groups in total. The van der Waals surface area contributed by atoms with E-state index in [4.69, 9.17) is 17.3 Å². The molecule has 1 aromatic carbocycles. The number of hydrogen-bond donors (Lipinski definition) is 1. The minimum absolute atomic E-state index is 0.0937. The smallest absolute Gasteiger partial charge is 0.0505 e. The Balaban J connectivity index is 1.97. The van der Waals surface area contributed by atoms with Crippen molar-refractivity contribution < 1.29 is 4.21 Å². The third-order valence-electron chi connectivity index (χ3n) is 4.21. The van der Waals surface area contributed by atoms with Crippen LogP contribution in [0.2, 0.25) is 5.02 Å². The maximum absolute atomic E-state index is 12.6. The lowest BCUT2D eigenvalue weighted by molar-refractivity contribution is 0.313. The van der Waals surface area contributed by atoms with Gasteiger partial charge >= 0.3 is 0 Å². The van der Waals surface area contributed by atoms with Gasteiger partial charge in [-0.05, 0) is 42.9 Å². The van der Waals surface area contributed by atoms with Gasteiger partial charge in [-0.1, -0.05) is 43.5 Å². The zero-order chi connectivity index (χ0) is 14.5. The summed E-state index contributed by atoms with van der Waals surface area (Å²) in [7, 11) is -0.887. The van der Waals surface area contributed by atoms with E-state index >= 15 is 0 Å². The highest BCUT2D eigenvalue weighted by Crippen LogP contribution is 2.31. The molecule has 20 heavy (non-hydrogen) atoms. The molecule has 0 radical (unpaired) electrons. The molecule has 112 valence electrons. The molecule has 2 nitrogen and oxygen atoms in total. The van der Waals surface area contributed by atoms with Crippen LogP contribution in [0.3, 0.4) is 0 Å². The van der Waals surface area contributed by atoms with E-state index < -0.39 is 10.8 Å². The molecule has 0 aliphatic heterocycles. The Labute approximate surface area is 129 Å². The Morgan fingerprint density at radius 1 is 1.30 bits per heavy atom. The van der Waals surface area contributed by atoms with Crippen molar-refractivity contribution in [3.8, 4) is 0 Å². The van der Waals surface area contributed by atoms with Crippen molar-refractivity contribution >= 4 is 22.4 Å². The Hall–Kier alpha value is -0.380. The van der Waals surface area contributed by atoms with Crippen LogP contribution in [-0.2, 0) is 16.6 Å². The zero-order valence-corrected chi connectivity index (χ0v) is 13.6. The average molecular weight is 314 g/mol. The first-order chi connectivity index (χ1) is 9.60. The van der Waals surface area contributed by atoms with Gasteiger partial charge in [0.15, 0.2) is 0 Å². The van der Waals surface area contributed by atoms with Crippen LogP contribution in [0.4, 0.5) is 0 Å². The fourth-order valence-corrected chi connectivity index (χ4v) is 4.93. The van der Waals surface area contributed by atoms with Gasteiger partial charge in [-0.3, -0.25) is 4.21 Å². The van der Waals surface area contributed by atoms with Crippen molar-refractivity contribution in [3.05, 3.63) is 34.9 Å². The Kier molecular flexibility index (Phi) is 6.06. The minimum Gasteiger partial charge on any atom is -0.327 e. The Bertz CT molecular complexity index is 448. The fraction of sp³-hybridized carbons (Fsp3) is 0.625. The van der Waals surface area contributed by atoms with E-state index in [1.54, 1.807) is 0 Å². The maximum atomic E-state index is 12.6. The molecule has 1 saturated carbocycles. The molecular weight excluding hydrogens is 290 g/mol. The summed E-state index contributed by atoms with van der Waals surface area (Å²) in [5.41, 5.74) is 7.28. The van der Waals surface area contributed by atoms with Crippen molar-refractivity contribution in [2.45, 2.75) is 56.1 Å². The second-order valence-corrected chi connectivity index (χ2v) is 7.91. The van der Waals surface area contributed by atoms with E-state index in [1.165, 1.54) is 19.3 Å². The van der Waals surface area contributed by atoms with Crippen LogP contribution in [0.1, 0.15) is 44.6 Å². The number of benzene rings is 1. The van der Waals surface area contributed by atoms with Crippen molar-refractivity contribution in [3.63, 3.8) is 0 Å². The van der Waals surface area contributed by atoms with Gasteiger partial charge in [0.25, 0.3) is 0 Å². The molecule has 1 aliphatic carbocycles. The number of rotatable bonds is 5. The Morgan fingerprint density at radius 2 is 2.00 bits per heavy atom. The Morgan fingerprint density at radius 3 is 2.65 bits per heavy atom. The lowest BCUT2D eigenvalue weighted by atomic mass is 9.83. The summed E-state index contributed by atoms with van der Waals surface area (Å²) in [5, 5.41) is 0.868. The first-order valence-corrected chi connectivity index (χ1v) is 9.23. The second-order valence-electron chi connectivity index (χ2n) is 5.82. The van der Waals surface area contributed by atoms with Crippen LogP contribution in [0, 0.1) is 5.92 Å². The molecule has 4 unspecified atom stereocenters. The van der Waals surface area contributed by atoms with Crippen LogP contribution in [0.5, 0.6) is 0 Å². The summed E-state index contributed by atoms with van der Waals surface area (Å²) in [5.74, 6) is 1.30. The van der Waals surface area contributed by atoms with Gasteiger partial charge in [0.1, 0.15) is 0 Å². The maximum Gasteiger partial charge on any atom is 0.0505 e. The summed E-state index contributed by atoms with van der Waals surface area (Å²) in [4.78, 5) is 0. The van der Waals surface area contributed by atoms with Crippen molar-refractivity contribution in [2.24, 2.45) is 11.7 Å². The standard InChI is InChI=1S/C16H24ClNOS/c1-2-3-12-6-9-15(18)16(10-12)20(19)11-13-4-7-14(17)8-5-13/h4-5,7-8,12,15-16H,2-3,6,9-11,18H2,1H3. The topological polar surface area (TPSA) is 43.1 Å². The van der Waals surface area contributed by atoms with E-state index in [9.17, 15) is 4.21 Å².